The quantitative estimate of drug-likeness (QED) is 0.302. The van der Waals surface area contributed by atoms with E-state index in [9.17, 15) is 14.4 Å². The maximum absolute atomic E-state index is 12.9. The van der Waals surface area contributed by atoms with Crippen molar-refractivity contribution >= 4 is 52.2 Å². The van der Waals surface area contributed by atoms with Gasteiger partial charge >= 0.3 is 0 Å². The van der Waals surface area contributed by atoms with Crippen molar-refractivity contribution in [1.82, 2.24) is 4.90 Å². The van der Waals surface area contributed by atoms with Gasteiger partial charge in [0, 0.05) is 10.7 Å². The van der Waals surface area contributed by atoms with Crippen LogP contribution in [0, 0.1) is 13.8 Å². The summed E-state index contributed by atoms with van der Waals surface area (Å²) >= 11 is 6.81. The number of carbonyl (C=O) groups excluding carboxylic acids is 3. The van der Waals surface area contributed by atoms with E-state index in [1.165, 1.54) is 4.90 Å². The molecule has 3 amide bonds. The molecular formula is C29H27ClN2O5S. The number of nitrogens with one attached hydrogen (secondary N) is 1. The zero-order chi connectivity index (χ0) is 27.2. The number of rotatable bonds is 9. The van der Waals surface area contributed by atoms with Gasteiger partial charge in [-0.3, -0.25) is 19.3 Å². The molecule has 38 heavy (non-hydrogen) atoms. The summed E-state index contributed by atoms with van der Waals surface area (Å²) in [7, 11) is 0. The lowest BCUT2D eigenvalue weighted by molar-refractivity contribution is -0.123. The first-order chi connectivity index (χ1) is 18.2. The Morgan fingerprint density at radius 2 is 1.74 bits per heavy atom. The molecule has 9 heteroatoms. The number of hydrogen-bond acceptors (Lipinski definition) is 6. The average molecular weight is 551 g/mol. The van der Waals surface area contributed by atoms with E-state index in [4.69, 9.17) is 21.1 Å². The van der Waals surface area contributed by atoms with Gasteiger partial charge in [0.2, 0.25) is 0 Å². The third kappa shape index (κ3) is 6.76. The predicted octanol–water partition coefficient (Wildman–Crippen LogP) is 6.61. The Hall–Kier alpha value is -3.75. The summed E-state index contributed by atoms with van der Waals surface area (Å²) in [6.07, 6.45) is 1.64. The molecule has 0 bridgehead atoms. The van der Waals surface area contributed by atoms with Gasteiger partial charge in [0.15, 0.2) is 18.1 Å². The maximum atomic E-state index is 12.9. The van der Waals surface area contributed by atoms with Crippen LogP contribution in [-0.2, 0) is 16.1 Å². The number of carbonyl (C=O) groups is 3. The molecule has 1 N–H and O–H groups in total. The Kier molecular flexibility index (Phi) is 8.76. The Morgan fingerprint density at radius 3 is 2.45 bits per heavy atom. The van der Waals surface area contributed by atoms with Gasteiger partial charge in [-0.15, -0.1) is 0 Å². The van der Waals surface area contributed by atoms with Gasteiger partial charge < -0.3 is 14.8 Å². The molecule has 0 radical (unpaired) electrons. The molecule has 0 atom stereocenters. The van der Waals surface area contributed by atoms with Gasteiger partial charge in [0.1, 0.15) is 0 Å². The van der Waals surface area contributed by atoms with Crippen molar-refractivity contribution in [2.75, 3.05) is 18.5 Å². The van der Waals surface area contributed by atoms with Gasteiger partial charge in [0.05, 0.1) is 18.1 Å². The van der Waals surface area contributed by atoms with E-state index in [2.05, 4.69) is 5.32 Å². The van der Waals surface area contributed by atoms with Crippen molar-refractivity contribution in [3.63, 3.8) is 0 Å². The molecule has 1 saturated heterocycles. The van der Waals surface area contributed by atoms with Crippen molar-refractivity contribution in [1.29, 1.82) is 0 Å². The number of ether oxygens (including phenoxy) is 2. The van der Waals surface area contributed by atoms with Crippen LogP contribution in [0.2, 0.25) is 5.02 Å². The third-order valence-corrected chi connectivity index (χ3v) is 7.00. The summed E-state index contributed by atoms with van der Waals surface area (Å²) in [5, 5.41) is 3.08. The summed E-state index contributed by atoms with van der Waals surface area (Å²) in [5.41, 5.74) is 4.40. The molecule has 0 aliphatic carbocycles. The zero-order valence-electron chi connectivity index (χ0n) is 21.2. The van der Waals surface area contributed by atoms with E-state index in [1.807, 2.05) is 39.0 Å². The Morgan fingerprint density at radius 1 is 0.974 bits per heavy atom. The number of halogens is 1. The molecule has 1 fully saturated rings. The second-order valence-corrected chi connectivity index (χ2v) is 10.1. The molecular weight excluding hydrogens is 524 g/mol. The number of hydrogen-bond donors (Lipinski definition) is 1. The van der Waals surface area contributed by atoms with E-state index >= 15 is 0 Å². The normalized spacial score (nSPS) is 14.2. The first-order valence-corrected chi connectivity index (χ1v) is 13.2. The number of anilines is 1. The van der Waals surface area contributed by atoms with E-state index in [1.54, 1.807) is 48.5 Å². The maximum Gasteiger partial charge on any atom is 0.293 e. The Balaban J connectivity index is 1.43. The van der Waals surface area contributed by atoms with Gasteiger partial charge in [0.25, 0.3) is 17.1 Å². The molecule has 7 nitrogen and oxygen atoms in total. The van der Waals surface area contributed by atoms with Crippen LogP contribution in [0.3, 0.4) is 0 Å². The fraction of sp³-hybridized carbons (Fsp3) is 0.207. The first-order valence-electron chi connectivity index (χ1n) is 12.0. The van der Waals surface area contributed by atoms with Crippen LogP contribution in [0.1, 0.15) is 29.2 Å². The standard InChI is InChI=1S/C29H27ClN2O5S/c1-4-36-25-14-21(8-12-24(25)37-17-27(33)31-23-11-5-18(2)19(3)13-23)15-26-28(34)32(29(35)38-26)16-20-6-9-22(30)10-7-20/h5-15H,4,16-17H2,1-3H3,(H,31,33)/b26-15+. The van der Waals surface area contributed by atoms with Crippen LogP contribution in [0.15, 0.2) is 65.6 Å². The zero-order valence-corrected chi connectivity index (χ0v) is 22.8. The van der Waals surface area contributed by atoms with Crippen LogP contribution < -0.4 is 14.8 Å². The van der Waals surface area contributed by atoms with Crippen LogP contribution >= 0.6 is 23.4 Å². The van der Waals surface area contributed by atoms with E-state index in [-0.39, 0.29) is 30.2 Å². The van der Waals surface area contributed by atoms with Crippen LogP contribution in [0.25, 0.3) is 6.08 Å². The molecule has 3 aromatic rings. The summed E-state index contributed by atoms with van der Waals surface area (Å²) < 4.78 is 11.4. The molecule has 3 aromatic carbocycles. The summed E-state index contributed by atoms with van der Waals surface area (Å²) in [6, 6.07) is 17.8. The number of thioether (sulfide) groups is 1. The number of nitrogens with zero attached hydrogens (tertiary/aromatic N) is 1. The summed E-state index contributed by atoms with van der Waals surface area (Å²) in [6.45, 7) is 6.18. The topological polar surface area (TPSA) is 84.9 Å². The van der Waals surface area contributed by atoms with Crippen LogP contribution in [0.4, 0.5) is 10.5 Å². The smallest absolute Gasteiger partial charge is 0.293 e. The lowest BCUT2D eigenvalue weighted by Gasteiger charge is -2.13. The fourth-order valence-corrected chi connectivity index (χ4v) is 4.69. The Labute approximate surface area is 230 Å². The highest BCUT2D eigenvalue weighted by Gasteiger charge is 2.35. The predicted molar refractivity (Wildman–Crippen MR) is 151 cm³/mol. The van der Waals surface area contributed by atoms with Gasteiger partial charge in [-0.05, 0) is 97.3 Å². The van der Waals surface area contributed by atoms with Crippen LogP contribution in [0.5, 0.6) is 11.5 Å². The van der Waals surface area contributed by atoms with Crippen molar-refractivity contribution in [2.24, 2.45) is 0 Å². The van der Waals surface area contributed by atoms with Gasteiger partial charge in [-0.2, -0.15) is 0 Å². The van der Waals surface area contributed by atoms with Crippen molar-refractivity contribution in [3.8, 4) is 11.5 Å². The lowest BCUT2D eigenvalue weighted by atomic mass is 10.1. The highest BCUT2D eigenvalue weighted by molar-refractivity contribution is 8.18. The minimum atomic E-state index is -0.365. The highest BCUT2D eigenvalue weighted by Crippen LogP contribution is 2.35. The largest absolute Gasteiger partial charge is 0.490 e. The van der Waals surface area contributed by atoms with E-state index in [0.717, 1.165) is 28.5 Å². The molecule has 1 aliphatic rings. The highest BCUT2D eigenvalue weighted by atomic mass is 35.5. The van der Waals surface area contributed by atoms with Crippen molar-refractivity contribution in [3.05, 3.63) is 92.8 Å². The number of imide groups is 1. The number of aryl methyl sites for hydroxylation is 2. The minimum Gasteiger partial charge on any atom is -0.490 e. The van der Waals surface area contributed by atoms with Gasteiger partial charge in [-0.25, -0.2) is 0 Å². The van der Waals surface area contributed by atoms with E-state index < -0.39 is 0 Å². The molecule has 0 aromatic heterocycles. The molecule has 1 aliphatic heterocycles. The van der Waals surface area contributed by atoms with Crippen molar-refractivity contribution in [2.45, 2.75) is 27.3 Å². The summed E-state index contributed by atoms with van der Waals surface area (Å²) in [5.74, 6) is 0.168. The molecule has 196 valence electrons. The molecule has 0 unspecified atom stereocenters. The summed E-state index contributed by atoms with van der Waals surface area (Å²) in [4.78, 5) is 39.4. The second-order valence-electron chi connectivity index (χ2n) is 8.67. The van der Waals surface area contributed by atoms with E-state index in [0.29, 0.717) is 39.3 Å². The Bertz CT molecular complexity index is 1400. The van der Waals surface area contributed by atoms with Crippen molar-refractivity contribution < 1.29 is 23.9 Å². The average Bonchev–Trinajstić information content (AvgIpc) is 3.14. The third-order valence-electron chi connectivity index (χ3n) is 5.84. The number of benzene rings is 3. The minimum absolute atomic E-state index is 0.167. The lowest BCUT2D eigenvalue weighted by Crippen LogP contribution is -2.27. The molecule has 4 rings (SSSR count). The number of amides is 3. The first kappa shape index (κ1) is 27.3. The molecule has 1 heterocycles. The fourth-order valence-electron chi connectivity index (χ4n) is 3.72. The van der Waals surface area contributed by atoms with Gasteiger partial charge in [-0.1, -0.05) is 35.9 Å². The molecule has 0 saturated carbocycles. The van der Waals surface area contributed by atoms with Crippen LogP contribution in [-0.4, -0.2) is 35.2 Å². The SMILES string of the molecule is CCOc1cc(/C=C2/SC(=O)N(Cc3ccc(Cl)cc3)C2=O)ccc1OCC(=O)Nc1ccc(C)c(C)c1. The molecule has 0 spiro atoms. The monoisotopic (exact) mass is 550 g/mol. The second kappa shape index (κ2) is 12.2.